The maximum Gasteiger partial charge on any atom is 0.253 e. The Morgan fingerprint density at radius 2 is 2.08 bits per heavy atom. The van der Waals surface area contributed by atoms with E-state index >= 15 is 0 Å². The molecule has 4 nitrogen and oxygen atoms in total. The summed E-state index contributed by atoms with van der Waals surface area (Å²) in [5, 5.41) is 9.42. The maximum absolute atomic E-state index is 11.5. The predicted molar refractivity (Wildman–Crippen MR) is 50.0 cm³/mol. The topological polar surface area (TPSA) is 66.6 Å². The zero-order chi connectivity index (χ0) is 10.2. The van der Waals surface area contributed by atoms with Gasteiger partial charge in [0.05, 0.1) is 0 Å². The van der Waals surface area contributed by atoms with Crippen LogP contribution in [-0.2, 0) is 4.79 Å². The molecule has 1 atom stereocenters. The summed E-state index contributed by atoms with van der Waals surface area (Å²) < 4.78 is 0. The second kappa shape index (κ2) is 3.27. The molecule has 1 rings (SSSR count). The third kappa shape index (κ3) is 2.19. The third-order valence-corrected chi connectivity index (χ3v) is 2.46. The SMILES string of the molecule is CC(N)C1CN(C(=O)C(C)(C)O)C1. The predicted octanol–water partition coefficient (Wildman–Crippen LogP) is -0.437. The summed E-state index contributed by atoms with van der Waals surface area (Å²) in [5.74, 6) is 0.190. The molecule has 0 aromatic heterocycles. The van der Waals surface area contributed by atoms with E-state index in [1.807, 2.05) is 6.92 Å². The minimum atomic E-state index is -1.25. The first-order valence-electron chi connectivity index (χ1n) is 4.59. The summed E-state index contributed by atoms with van der Waals surface area (Å²) >= 11 is 0. The summed E-state index contributed by atoms with van der Waals surface area (Å²) in [6.45, 7) is 6.32. The summed E-state index contributed by atoms with van der Waals surface area (Å²) in [6, 6.07) is 0.130. The molecule has 1 aliphatic rings. The zero-order valence-electron chi connectivity index (χ0n) is 8.45. The quantitative estimate of drug-likeness (QED) is 0.614. The van der Waals surface area contributed by atoms with Gasteiger partial charge in [0, 0.05) is 25.0 Å². The van der Waals surface area contributed by atoms with Crippen molar-refractivity contribution in [2.75, 3.05) is 13.1 Å². The molecule has 1 fully saturated rings. The van der Waals surface area contributed by atoms with E-state index in [0.717, 1.165) is 0 Å². The number of nitrogens with two attached hydrogens (primary N) is 1. The van der Waals surface area contributed by atoms with E-state index in [-0.39, 0.29) is 11.9 Å². The van der Waals surface area contributed by atoms with Crippen molar-refractivity contribution < 1.29 is 9.90 Å². The Morgan fingerprint density at radius 3 is 2.38 bits per heavy atom. The van der Waals surface area contributed by atoms with Crippen molar-refractivity contribution in [1.82, 2.24) is 4.90 Å². The van der Waals surface area contributed by atoms with E-state index in [1.54, 1.807) is 4.90 Å². The van der Waals surface area contributed by atoms with Crippen LogP contribution in [0.1, 0.15) is 20.8 Å². The van der Waals surface area contributed by atoms with E-state index in [4.69, 9.17) is 5.73 Å². The highest BCUT2D eigenvalue weighted by molar-refractivity contribution is 5.84. The molecule has 0 saturated carbocycles. The standard InChI is InChI=1S/C9H18N2O2/c1-6(10)7-4-11(5-7)8(12)9(2,3)13/h6-7,13H,4-5,10H2,1-3H3. The van der Waals surface area contributed by atoms with Gasteiger partial charge in [-0.25, -0.2) is 0 Å². The lowest BCUT2D eigenvalue weighted by atomic mass is 9.91. The van der Waals surface area contributed by atoms with E-state index in [1.165, 1.54) is 13.8 Å². The fourth-order valence-corrected chi connectivity index (χ4v) is 1.40. The molecule has 0 radical (unpaired) electrons. The highest BCUT2D eigenvalue weighted by atomic mass is 16.3. The average molecular weight is 186 g/mol. The number of rotatable bonds is 2. The first-order valence-corrected chi connectivity index (χ1v) is 4.59. The Labute approximate surface area is 78.7 Å². The Bertz CT molecular complexity index is 202. The van der Waals surface area contributed by atoms with Gasteiger partial charge < -0.3 is 15.7 Å². The van der Waals surface area contributed by atoms with Crippen LogP contribution >= 0.6 is 0 Å². The Balaban J connectivity index is 2.40. The van der Waals surface area contributed by atoms with Crippen molar-refractivity contribution in [3.63, 3.8) is 0 Å². The second-order valence-electron chi connectivity index (χ2n) is 4.39. The van der Waals surface area contributed by atoms with Gasteiger partial charge in [-0.05, 0) is 20.8 Å². The number of aliphatic hydroxyl groups is 1. The van der Waals surface area contributed by atoms with Gasteiger partial charge in [0.25, 0.3) is 5.91 Å². The molecule has 76 valence electrons. The van der Waals surface area contributed by atoms with Crippen molar-refractivity contribution in [2.45, 2.75) is 32.4 Å². The number of amides is 1. The summed E-state index contributed by atoms with van der Waals surface area (Å²) in [4.78, 5) is 13.1. The Morgan fingerprint density at radius 1 is 1.62 bits per heavy atom. The summed E-state index contributed by atoms with van der Waals surface area (Å²) in [5.41, 5.74) is 4.42. The van der Waals surface area contributed by atoms with Gasteiger partial charge in [-0.1, -0.05) is 0 Å². The summed E-state index contributed by atoms with van der Waals surface area (Å²) in [7, 11) is 0. The largest absolute Gasteiger partial charge is 0.381 e. The van der Waals surface area contributed by atoms with Crippen LogP contribution in [0.4, 0.5) is 0 Å². The zero-order valence-corrected chi connectivity index (χ0v) is 8.45. The molecule has 0 spiro atoms. The van der Waals surface area contributed by atoms with Gasteiger partial charge in [-0.2, -0.15) is 0 Å². The van der Waals surface area contributed by atoms with Crippen LogP contribution in [-0.4, -0.2) is 40.6 Å². The maximum atomic E-state index is 11.5. The second-order valence-corrected chi connectivity index (χ2v) is 4.39. The fourth-order valence-electron chi connectivity index (χ4n) is 1.40. The molecule has 1 unspecified atom stereocenters. The van der Waals surface area contributed by atoms with Gasteiger partial charge in [0.15, 0.2) is 0 Å². The monoisotopic (exact) mass is 186 g/mol. The van der Waals surface area contributed by atoms with Crippen LogP contribution in [0.2, 0.25) is 0 Å². The van der Waals surface area contributed by atoms with E-state index < -0.39 is 5.60 Å². The van der Waals surface area contributed by atoms with Crippen molar-refractivity contribution in [3.05, 3.63) is 0 Å². The van der Waals surface area contributed by atoms with Gasteiger partial charge in [0.2, 0.25) is 0 Å². The molecule has 4 heteroatoms. The van der Waals surface area contributed by atoms with Crippen LogP contribution in [0.3, 0.4) is 0 Å². The van der Waals surface area contributed by atoms with E-state index in [2.05, 4.69) is 0 Å². The van der Waals surface area contributed by atoms with Crippen LogP contribution in [0.15, 0.2) is 0 Å². The number of hydrogen-bond acceptors (Lipinski definition) is 3. The van der Waals surface area contributed by atoms with Crippen molar-refractivity contribution in [2.24, 2.45) is 11.7 Å². The molecule has 0 aliphatic carbocycles. The highest BCUT2D eigenvalue weighted by Crippen LogP contribution is 2.21. The lowest BCUT2D eigenvalue weighted by Gasteiger charge is -2.43. The molecular weight excluding hydrogens is 168 g/mol. The molecular formula is C9H18N2O2. The minimum Gasteiger partial charge on any atom is -0.381 e. The molecule has 0 bridgehead atoms. The lowest BCUT2D eigenvalue weighted by Crippen LogP contribution is -2.59. The minimum absolute atomic E-state index is 0.130. The first-order chi connectivity index (χ1) is 5.82. The fraction of sp³-hybridized carbons (Fsp3) is 0.889. The van der Waals surface area contributed by atoms with Crippen LogP contribution < -0.4 is 5.73 Å². The molecule has 1 heterocycles. The van der Waals surface area contributed by atoms with Gasteiger partial charge in [0.1, 0.15) is 5.60 Å². The van der Waals surface area contributed by atoms with Crippen LogP contribution in [0.5, 0.6) is 0 Å². The van der Waals surface area contributed by atoms with Gasteiger partial charge in [-0.3, -0.25) is 4.79 Å². The van der Waals surface area contributed by atoms with E-state index in [9.17, 15) is 9.90 Å². The van der Waals surface area contributed by atoms with Crippen LogP contribution in [0, 0.1) is 5.92 Å². The first kappa shape index (κ1) is 10.5. The van der Waals surface area contributed by atoms with Crippen LogP contribution in [0.25, 0.3) is 0 Å². The van der Waals surface area contributed by atoms with Gasteiger partial charge >= 0.3 is 0 Å². The molecule has 1 amide bonds. The Hall–Kier alpha value is -0.610. The van der Waals surface area contributed by atoms with Gasteiger partial charge in [-0.15, -0.1) is 0 Å². The number of carbonyl (C=O) groups excluding carboxylic acids is 1. The molecule has 13 heavy (non-hydrogen) atoms. The normalized spacial score (nSPS) is 21.2. The molecule has 1 saturated heterocycles. The number of nitrogens with zero attached hydrogens (tertiary/aromatic N) is 1. The van der Waals surface area contributed by atoms with E-state index in [0.29, 0.717) is 19.0 Å². The molecule has 1 aliphatic heterocycles. The summed E-state index contributed by atoms with van der Waals surface area (Å²) in [6.07, 6.45) is 0. The number of likely N-dealkylation sites (tertiary alicyclic amines) is 1. The van der Waals surface area contributed by atoms with Crippen molar-refractivity contribution in [3.8, 4) is 0 Å². The number of carbonyl (C=O) groups is 1. The van der Waals surface area contributed by atoms with Crippen molar-refractivity contribution >= 4 is 5.91 Å². The average Bonchev–Trinajstić information content (AvgIpc) is 1.80. The molecule has 0 aromatic rings. The third-order valence-electron chi connectivity index (χ3n) is 2.46. The molecule has 0 aromatic carbocycles. The smallest absolute Gasteiger partial charge is 0.253 e. The lowest BCUT2D eigenvalue weighted by molar-refractivity contribution is -0.154. The number of hydrogen-bond donors (Lipinski definition) is 2. The Kier molecular flexibility index (Phi) is 2.63. The molecule has 3 N–H and O–H groups in total. The van der Waals surface area contributed by atoms with Crippen molar-refractivity contribution in [1.29, 1.82) is 0 Å². The highest BCUT2D eigenvalue weighted by Gasteiger charge is 2.38.